The Morgan fingerprint density at radius 2 is 0.986 bits per heavy atom. The Bertz CT molecular complexity index is 3850. The molecule has 13 rings (SSSR count). The summed E-state index contributed by atoms with van der Waals surface area (Å²) in [6.45, 7) is 2.37. The number of rotatable bonds is 10. The lowest BCUT2D eigenvalue weighted by Crippen LogP contribution is -2.44. The van der Waals surface area contributed by atoms with E-state index in [0.29, 0.717) is 0 Å². The summed E-state index contributed by atoms with van der Waals surface area (Å²) < 4.78 is 3.93. The smallest absolute Gasteiger partial charge is 0.0657 e. The maximum Gasteiger partial charge on any atom is 0.0657 e. The van der Waals surface area contributed by atoms with Gasteiger partial charge in [0.05, 0.1) is 5.54 Å². The summed E-state index contributed by atoms with van der Waals surface area (Å²) in [7, 11) is 0. The first-order valence-corrected chi connectivity index (χ1v) is 25.6. The van der Waals surface area contributed by atoms with E-state index in [2.05, 4.69) is 259 Å². The van der Waals surface area contributed by atoms with Gasteiger partial charge in [0.15, 0.2) is 0 Å². The minimum Gasteiger partial charge on any atom is -0.332 e. The first-order valence-electron chi connectivity index (χ1n) is 23.9. The third-order valence-electron chi connectivity index (χ3n) is 14.3. The molecule has 0 bridgehead atoms. The summed E-state index contributed by atoms with van der Waals surface area (Å²) in [6, 6.07) is 85.3. The van der Waals surface area contributed by atoms with Crippen molar-refractivity contribution >= 4 is 109 Å². The Morgan fingerprint density at radius 1 is 0.435 bits per heavy atom. The number of para-hydroxylation sites is 3. The van der Waals surface area contributed by atoms with Crippen LogP contribution in [-0.4, -0.2) is 5.54 Å². The van der Waals surface area contributed by atoms with Crippen molar-refractivity contribution in [3.8, 4) is 0 Å². The number of thiophene rings is 2. The van der Waals surface area contributed by atoms with Crippen LogP contribution in [0.15, 0.2) is 237 Å². The summed E-state index contributed by atoms with van der Waals surface area (Å²) in [6.07, 6.45) is 6.65. The largest absolute Gasteiger partial charge is 0.332 e. The molecule has 0 spiro atoms. The SMILES string of the molecule is CC1(N(c2ccccc2)c2ccccc2)C=Cc2c(sc3ccc(N(c4ccccc4)c4ccc5sc6cc(C(Cc7ccc8ccccc8c7)c7ccc8ccccc8c7)ccc6c5c4)cc23)C1. The predicted molar refractivity (Wildman–Crippen MR) is 299 cm³/mol. The summed E-state index contributed by atoms with van der Waals surface area (Å²) >= 11 is 3.83. The highest BCUT2D eigenvalue weighted by molar-refractivity contribution is 7.25. The van der Waals surface area contributed by atoms with Crippen molar-refractivity contribution in [1.29, 1.82) is 0 Å². The lowest BCUT2D eigenvalue weighted by atomic mass is 9.84. The molecule has 1 aliphatic carbocycles. The van der Waals surface area contributed by atoms with Gasteiger partial charge in [-0.1, -0.05) is 164 Å². The fourth-order valence-corrected chi connectivity index (χ4v) is 13.4. The lowest BCUT2D eigenvalue weighted by molar-refractivity contribution is 0.565. The molecule has 0 amide bonds. The number of hydrogen-bond acceptors (Lipinski definition) is 4. The molecular weight excluding hydrogens is 873 g/mol. The third-order valence-corrected chi connectivity index (χ3v) is 16.6. The number of fused-ring (bicyclic) bond motifs is 8. The van der Waals surface area contributed by atoms with E-state index in [0.717, 1.165) is 29.9 Å². The van der Waals surface area contributed by atoms with Crippen LogP contribution in [0.3, 0.4) is 0 Å². The Labute approximate surface area is 411 Å². The van der Waals surface area contributed by atoms with Crippen molar-refractivity contribution in [2.24, 2.45) is 0 Å². The zero-order valence-electron chi connectivity index (χ0n) is 38.3. The molecule has 2 heterocycles. The van der Waals surface area contributed by atoms with E-state index < -0.39 is 0 Å². The molecule has 2 aromatic heterocycles. The summed E-state index contributed by atoms with van der Waals surface area (Å²) in [5.74, 6) is 0.197. The second kappa shape index (κ2) is 17.1. The molecule has 330 valence electrons. The molecule has 0 saturated heterocycles. The van der Waals surface area contributed by atoms with Crippen LogP contribution >= 0.6 is 22.7 Å². The van der Waals surface area contributed by atoms with E-state index in [9.17, 15) is 0 Å². The van der Waals surface area contributed by atoms with Crippen LogP contribution in [0.1, 0.15) is 40.0 Å². The molecule has 0 fully saturated rings. The van der Waals surface area contributed by atoms with E-state index in [1.165, 1.54) is 90.3 Å². The van der Waals surface area contributed by atoms with Gasteiger partial charge in [-0.05, 0) is 136 Å². The molecule has 2 nitrogen and oxygen atoms in total. The van der Waals surface area contributed by atoms with Crippen LogP contribution in [0.25, 0.3) is 57.9 Å². The summed E-state index contributed by atoms with van der Waals surface area (Å²) in [4.78, 5) is 6.35. The minimum atomic E-state index is -0.246. The topological polar surface area (TPSA) is 6.48 Å². The van der Waals surface area contributed by atoms with Gasteiger partial charge in [-0.15, -0.1) is 22.7 Å². The van der Waals surface area contributed by atoms with E-state index in [4.69, 9.17) is 0 Å². The van der Waals surface area contributed by atoms with Gasteiger partial charge in [-0.25, -0.2) is 0 Å². The third kappa shape index (κ3) is 7.57. The van der Waals surface area contributed by atoms with Crippen molar-refractivity contribution in [2.75, 3.05) is 9.80 Å². The quantitative estimate of drug-likeness (QED) is 0.135. The second-order valence-electron chi connectivity index (χ2n) is 18.7. The predicted octanol–water partition coefficient (Wildman–Crippen LogP) is 18.6. The fourth-order valence-electron chi connectivity index (χ4n) is 10.9. The zero-order valence-corrected chi connectivity index (χ0v) is 39.9. The zero-order chi connectivity index (χ0) is 45.9. The van der Waals surface area contributed by atoms with Crippen molar-refractivity contribution < 1.29 is 0 Å². The monoisotopic (exact) mass is 920 g/mol. The Hall–Kier alpha value is -7.76. The van der Waals surface area contributed by atoms with E-state index in [1.807, 2.05) is 22.7 Å². The van der Waals surface area contributed by atoms with Crippen molar-refractivity contribution in [2.45, 2.75) is 31.2 Å². The Morgan fingerprint density at radius 3 is 1.67 bits per heavy atom. The Balaban J connectivity index is 0.875. The van der Waals surface area contributed by atoms with Gasteiger partial charge >= 0.3 is 0 Å². The molecular formula is C65H48N2S2. The van der Waals surface area contributed by atoms with Crippen LogP contribution in [0.2, 0.25) is 0 Å². The van der Waals surface area contributed by atoms with Crippen molar-refractivity contribution in [1.82, 2.24) is 0 Å². The maximum atomic E-state index is 2.50. The first-order chi connectivity index (χ1) is 34.0. The molecule has 0 saturated carbocycles. The minimum absolute atomic E-state index is 0.197. The van der Waals surface area contributed by atoms with E-state index in [1.54, 1.807) is 0 Å². The van der Waals surface area contributed by atoms with Crippen molar-refractivity contribution in [3.05, 3.63) is 264 Å². The van der Waals surface area contributed by atoms with Crippen LogP contribution in [0.4, 0.5) is 28.4 Å². The molecule has 2 atom stereocenters. The van der Waals surface area contributed by atoms with E-state index in [-0.39, 0.29) is 11.5 Å². The molecule has 12 aromatic rings. The van der Waals surface area contributed by atoms with Crippen LogP contribution in [-0.2, 0) is 12.8 Å². The Kier molecular flexibility index (Phi) is 10.3. The molecule has 0 N–H and O–H groups in total. The summed E-state index contributed by atoms with van der Waals surface area (Å²) in [5.41, 5.74) is 11.0. The molecule has 0 radical (unpaired) electrons. The highest BCUT2D eigenvalue weighted by Gasteiger charge is 2.35. The maximum absolute atomic E-state index is 2.50. The van der Waals surface area contributed by atoms with E-state index >= 15 is 0 Å². The number of anilines is 5. The first kappa shape index (κ1) is 41.4. The van der Waals surface area contributed by atoms with Gasteiger partial charge in [0, 0.05) is 75.9 Å². The van der Waals surface area contributed by atoms with Gasteiger partial charge in [-0.2, -0.15) is 0 Å². The molecule has 69 heavy (non-hydrogen) atoms. The van der Waals surface area contributed by atoms with Gasteiger partial charge < -0.3 is 9.80 Å². The number of benzene rings is 10. The molecule has 4 heteroatoms. The highest BCUT2D eigenvalue weighted by Crippen LogP contribution is 2.47. The second-order valence-corrected chi connectivity index (χ2v) is 21.0. The molecule has 0 aliphatic heterocycles. The van der Waals surface area contributed by atoms with Crippen molar-refractivity contribution in [3.63, 3.8) is 0 Å². The molecule has 1 aliphatic rings. The van der Waals surface area contributed by atoms with Crippen LogP contribution in [0.5, 0.6) is 0 Å². The van der Waals surface area contributed by atoms with Gasteiger partial charge in [0.2, 0.25) is 0 Å². The number of hydrogen-bond donors (Lipinski definition) is 0. The lowest BCUT2D eigenvalue weighted by Gasteiger charge is -2.42. The molecule has 10 aromatic carbocycles. The van der Waals surface area contributed by atoms with Gasteiger partial charge in [0.25, 0.3) is 0 Å². The number of nitrogens with zero attached hydrogens (tertiary/aromatic N) is 2. The van der Waals surface area contributed by atoms with Crippen LogP contribution in [0, 0.1) is 0 Å². The summed E-state index contributed by atoms with van der Waals surface area (Å²) in [5, 5.41) is 9.01. The average Bonchev–Trinajstić information content (AvgIpc) is 3.95. The van der Waals surface area contributed by atoms with Gasteiger partial charge in [0.1, 0.15) is 0 Å². The van der Waals surface area contributed by atoms with Gasteiger partial charge in [-0.3, -0.25) is 0 Å². The van der Waals surface area contributed by atoms with Crippen LogP contribution < -0.4 is 9.80 Å². The molecule has 2 unspecified atom stereocenters. The normalized spacial score (nSPS) is 15.0. The standard InChI is InChI=1S/C65H48N2S2/c1-65(67(52-21-7-3-8-22-52)53-23-9-4-10-24-53)36-35-57-60-42-55(31-34-62(60)69-64(57)43-65)66(51-19-5-2-6-20-51)54-30-33-61-59(41-54)56-32-29-50(40-63(56)68-61)58(49-28-27-46-16-12-14-18-48(46)39-49)38-44-25-26-45-15-11-13-17-47(45)37-44/h2-37,39-42,58H,38,43H2,1H3. The average molecular weight is 921 g/mol. The highest BCUT2D eigenvalue weighted by atomic mass is 32.1. The fraction of sp³-hybridized carbons (Fsp3) is 0.0769.